The van der Waals surface area contributed by atoms with Gasteiger partial charge in [0.05, 0.1) is 16.8 Å². The van der Waals surface area contributed by atoms with Gasteiger partial charge >= 0.3 is 5.69 Å². The molecule has 0 saturated carbocycles. The van der Waals surface area contributed by atoms with Gasteiger partial charge < -0.3 is 0 Å². The van der Waals surface area contributed by atoms with Gasteiger partial charge in [-0.1, -0.05) is 6.07 Å². The summed E-state index contributed by atoms with van der Waals surface area (Å²) in [6.07, 6.45) is 2.73. The van der Waals surface area contributed by atoms with Crippen molar-refractivity contribution in [2.75, 3.05) is 11.4 Å². The summed E-state index contributed by atoms with van der Waals surface area (Å²) >= 11 is 0. The van der Waals surface area contributed by atoms with Gasteiger partial charge in [0.15, 0.2) is 4.90 Å². The molecule has 0 aliphatic rings. The van der Waals surface area contributed by atoms with Gasteiger partial charge in [0.25, 0.3) is 10.0 Å². The fraction of sp³-hybridized carbons (Fsp3) is 0.0833. The third-order valence-corrected chi connectivity index (χ3v) is 4.60. The number of halogens is 1. The van der Waals surface area contributed by atoms with Crippen molar-refractivity contribution in [3.05, 3.63) is 58.7 Å². The van der Waals surface area contributed by atoms with Crippen molar-refractivity contribution in [3.8, 4) is 0 Å². The molecule has 9 heteroatoms. The topological polar surface area (TPSA) is 93.4 Å². The van der Waals surface area contributed by atoms with Crippen molar-refractivity contribution in [2.24, 2.45) is 0 Å². The lowest BCUT2D eigenvalue weighted by molar-refractivity contribution is -0.390. The molecule has 2 rings (SSSR count). The first-order chi connectivity index (χ1) is 9.85. The van der Waals surface area contributed by atoms with Crippen molar-refractivity contribution < 1.29 is 17.7 Å². The van der Waals surface area contributed by atoms with Crippen molar-refractivity contribution in [3.63, 3.8) is 0 Å². The first kappa shape index (κ1) is 14.9. The van der Waals surface area contributed by atoms with E-state index in [9.17, 15) is 22.9 Å². The minimum Gasteiger partial charge on any atom is -0.268 e. The SMILES string of the molecule is CN(c1cccnc1)S(=O)(=O)c1cccc(F)c1[N+](=O)[O-]. The van der Waals surface area contributed by atoms with Crippen LogP contribution in [0.4, 0.5) is 15.8 Å². The maximum absolute atomic E-state index is 13.6. The standard InChI is InChI=1S/C12H10FN3O4S/c1-15(9-4-3-7-14-8-9)21(19,20)11-6-2-5-10(13)12(11)16(17)18/h2-8H,1H3. The van der Waals surface area contributed by atoms with Crippen molar-refractivity contribution in [1.29, 1.82) is 0 Å². The van der Waals surface area contributed by atoms with Crippen LogP contribution in [0.5, 0.6) is 0 Å². The number of nitro benzene ring substituents is 1. The smallest absolute Gasteiger partial charge is 0.268 e. The van der Waals surface area contributed by atoms with Gasteiger partial charge in [-0.25, -0.2) is 8.42 Å². The van der Waals surface area contributed by atoms with Gasteiger partial charge in [0.2, 0.25) is 5.82 Å². The van der Waals surface area contributed by atoms with Gasteiger partial charge in [-0.2, -0.15) is 4.39 Å². The Bertz CT molecular complexity index is 780. The zero-order valence-corrected chi connectivity index (χ0v) is 11.6. The highest BCUT2D eigenvalue weighted by Crippen LogP contribution is 2.30. The number of pyridine rings is 1. The van der Waals surface area contributed by atoms with E-state index in [1.807, 2.05) is 0 Å². The lowest BCUT2D eigenvalue weighted by Gasteiger charge is -2.18. The van der Waals surface area contributed by atoms with Crippen LogP contribution in [0.3, 0.4) is 0 Å². The van der Waals surface area contributed by atoms with Crippen molar-refractivity contribution in [1.82, 2.24) is 4.98 Å². The molecule has 1 heterocycles. The van der Waals surface area contributed by atoms with E-state index in [4.69, 9.17) is 0 Å². The quantitative estimate of drug-likeness (QED) is 0.635. The molecule has 110 valence electrons. The molecule has 7 nitrogen and oxygen atoms in total. The first-order valence-electron chi connectivity index (χ1n) is 5.67. The molecular formula is C12H10FN3O4S. The molecule has 0 fully saturated rings. The molecule has 1 aromatic heterocycles. The van der Waals surface area contributed by atoms with E-state index >= 15 is 0 Å². The molecule has 0 aliphatic carbocycles. The van der Waals surface area contributed by atoms with Crippen LogP contribution < -0.4 is 4.31 Å². The lowest BCUT2D eigenvalue weighted by atomic mass is 10.3. The molecule has 0 bridgehead atoms. The number of hydrogen-bond donors (Lipinski definition) is 0. The van der Waals surface area contributed by atoms with Gasteiger partial charge in [-0.05, 0) is 24.3 Å². The molecule has 1 aromatic carbocycles. The van der Waals surface area contributed by atoms with E-state index in [1.54, 1.807) is 0 Å². The third-order valence-electron chi connectivity index (χ3n) is 2.78. The number of nitro groups is 1. The molecule has 0 spiro atoms. The van der Waals surface area contributed by atoms with Crippen LogP contribution in [0.25, 0.3) is 0 Å². The predicted molar refractivity (Wildman–Crippen MR) is 72.9 cm³/mol. The van der Waals surface area contributed by atoms with Crippen LogP contribution in [0.2, 0.25) is 0 Å². The number of sulfonamides is 1. The molecular weight excluding hydrogens is 301 g/mol. The maximum Gasteiger partial charge on any atom is 0.325 e. The molecule has 0 unspecified atom stereocenters. The summed E-state index contributed by atoms with van der Waals surface area (Å²) in [6.45, 7) is 0. The Morgan fingerprint density at radius 2 is 2.00 bits per heavy atom. The summed E-state index contributed by atoms with van der Waals surface area (Å²) in [7, 11) is -3.07. The number of rotatable bonds is 4. The van der Waals surface area contributed by atoms with Gasteiger partial charge in [-0.3, -0.25) is 19.4 Å². The van der Waals surface area contributed by atoms with Gasteiger partial charge in [-0.15, -0.1) is 0 Å². The molecule has 21 heavy (non-hydrogen) atoms. The minimum absolute atomic E-state index is 0.205. The Hall–Kier alpha value is -2.55. The molecule has 0 radical (unpaired) electrons. The summed E-state index contributed by atoms with van der Waals surface area (Å²) in [5.41, 5.74) is -0.871. The zero-order valence-electron chi connectivity index (χ0n) is 10.8. The second kappa shape index (κ2) is 5.44. The molecule has 0 saturated heterocycles. The monoisotopic (exact) mass is 311 g/mol. The van der Waals surface area contributed by atoms with E-state index < -0.39 is 31.3 Å². The second-order valence-corrected chi connectivity index (χ2v) is 5.97. The van der Waals surface area contributed by atoms with Crippen LogP contribution in [-0.2, 0) is 10.0 Å². The molecule has 0 amide bonds. The van der Waals surface area contributed by atoms with E-state index in [2.05, 4.69) is 4.98 Å². The largest absolute Gasteiger partial charge is 0.325 e. The second-order valence-electron chi connectivity index (χ2n) is 4.03. The van der Waals surface area contributed by atoms with Crippen molar-refractivity contribution in [2.45, 2.75) is 4.90 Å². The van der Waals surface area contributed by atoms with Gasteiger partial charge in [0.1, 0.15) is 0 Å². The Morgan fingerprint density at radius 3 is 2.57 bits per heavy atom. The van der Waals surface area contributed by atoms with Crippen LogP contribution in [0.1, 0.15) is 0 Å². The van der Waals surface area contributed by atoms with Crippen LogP contribution in [0.15, 0.2) is 47.6 Å². The van der Waals surface area contributed by atoms with Gasteiger partial charge in [0, 0.05) is 13.2 Å². The van der Waals surface area contributed by atoms with Crippen LogP contribution in [-0.4, -0.2) is 25.4 Å². The first-order valence-corrected chi connectivity index (χ1v) is 7.11. The predicted octanol–water partition coefficient (Wildman–Crippen LogP) is 1.95. The normalized spacial score (nSPS) is 11.1. The molecule has 0 N–H and O–H groups in total. The Labute approximate surface area is 119 Å². The molecule has 0 aliphatic heterocycles. The molecule has 2 aromatic rings. The number of para-hydroxylation sites is 1. The van der Waals surface area contributed by atoms with Crippen molar-refractivity contribution >= 4 is 21.4 Å². The van der Waals surface area contributed by atoms with Crippen LogP contribution >= 0.6 is 0 Å². The highest BCUT2D eigenvalue weighted by Gasteiger charge is 2.32. The Morgan fingerprint density at radius 1 is 1.29 bits per heavy atom. The highest BCUT2D eigenvalue weighted by molar-refractivity contribution is 7.93. The van der Waals surface area contributed by atoms with E-state index in [-0.39, 0.29) is 5.69 Å². The highest BCUT2D eigenvalue weighted by atomic mass is 32.2. The van der Waals surface area contributed by atoms with Crippen LogP contribution in [0, 0.1) is 15.9 Å². The fourth-order valence-corrected chi connectivity index (χ4v) is 3.05. The average Bonchev–Trinajstić information content (AvgIpc) is 2.46. The summed E-state index contributed by atoms with van der Waals surface area (Å²) < 4.78 is 39.2. The zero-order chi connectivity index (χ0) is 15.6. The minimum atomic E-state index is -4.28. The van der Waals surface area contributed by atoms with E-state index in [0.717, 1.165) is 22.5 Å². The summed E-state index contributed by atoms with van der Waals surface area (Å²) in [6, 6.07) is 5.91. The number of nitrogens with zero attached hydrogens (tertiary/aromatic N) is 3. The Kier molecular flexibility index (Phi) is 3.85. The third kappa shape index (κ3) is 2.68. The van der Waals surface area contributed by atoms with E-state index in [1.165, 1.54) is 31.6 Å². The summed E-state index contributed by atoms with van der Waals surface area (Å²) in [5, 5.41) is 10.9. The van der Waals surface area contributed by atoms with E-state index in [0.29, 0.717) is 0 Å². The summed E-state index contributed by atoms with van der Waals surface area (Å²) in [4.78, 5) is 12.9. The fourth-order valence-electron chi connectivity index (χ4n) is 1.71. The molecule has 0 atom stereocenters. The maximum atomic E-state index is 13.6. The number of anilines is 1. The summed E-state index contributed by atoms with van der Waals surface area (Å²) in [5.74, 6) is -1.21. The number of benzene rings is 1. The number of aromatic nitrogens is 1. The number of hydrogen-bond acceptors (Lipinski definition) is 5. The average molecular weight is 311 g/mol. The lowest BCUT2D eigenvalue weighted by Crippen LogP contribution is -2.27. The Balaban J connectivity index is 2.61.